The second kappa shape index (κ2) is 11.6. The zero-order valence-electron chi connectivity index (χ0n) is 10.8. The number of hydrogen-bond donors (Lipinski definition) is 1. The summed E-state index contributed by atoms with van der Waals surface area (Å²) in [5, 5.41) is 3.47. The first-order chi connectivity index (χ1) is 7.72. The topological polar surface area (TPSA) is 30.5 Å². The summed E-state index contributed by atoms with van der Waals surface area (Å²) >= 11 is 5.75. The number of alkyl halides is 1. The number of rotatable bonds is 11. The van der Waals surface area contributed by atoms with Crippen LogP contribution in [0.5, 0.6) is 0 Å². The molecule has 0 saturated heterocycles. The molecule has 1 N–H and O–H groups in total. The highest BCUT2D eigenvalue weighted by Crippen LogP contribution is 2.06. The minimum Gasteiger partial charge on any atom is -0.385 e. The van der Waals surface area contributed by atoms with Gasteiger partial charge in [-0.25, -0.2) is 0 Å². The third-order valence-corrected chi connectivity index (χ3v) is 2.73. The Hall–Kier alpha value is 0.170. The largest absolute Gasteiger partial charge is 0.385 e. The Balaban J connectivity index is 3.33. The molecule has 1 atom stereocenters. The summed E-state index contributed by atoms with van der Waals surface area (Å²) in [6, 6.07) is 0.500. The summed E-state index contributed by atoms with van der Waals surface area (Å²) in [5.41, 5.74) is 0. The van der Waals surface area contributed by atoms with Crippen LogP contribution in [0.2, 0.25) is 0 Å². The third-order valence-electron chi connectivity index (χ3n) is 2.51. The first-order valence-corrected chi connectivity index (χ1v) is 6.61. The number of hydrogen-bond acceptors (Lipinski definition) is 3. The molecule has 4 heteroatoms. The minimum atomic E-state index is 0.500. The van der Waals surface area contributed by atoms with Crippen LogP contribution >= 0.6 is 11.6 Å². The van der Waals surface area contributed by atoms with Crippen molar-refractivity contribution in [1.29, 1.82) is 0 Å². The molecule has 0 bridgehead atoms. The predicted octanol–water partition coefficient (Wildman–Crippen LogP) is 2.28. The molecule has 0 aliphatic carbocycles. The van der Waals surface area contributed by atoms with Crippen LogP contribution in [0.1, 0.15) is 26.7 Å². The van der Waals surface area contributed by atoms with Gasteiger partial charge in [-0.2, -0.15) is 0 Å². The van der Waals surface area contributed by atoms with Crippen LogP contribution in [0.25, 0.3) is 0 Å². The fraction of sp³-hybridized carbons (Fsp3) is 1.00. The summed E-state index contributed by atoms with van der Waals surface area (Å²) in [7, 11) is 1.71. The Morgan fingerprint density at radius 1 is 1.19 bits per heavy atom. The Labute approximate surface area is 105 Å². The zero-order valence-corrected chi connectivity index (χ0v) is 11.6. The van der Waals surface area contributed by atoms with Crippen molar-refractivity contribution in [2.45, 2.75) is 32.7 Å². The van der Waals surface area contributed by atoms with Crippen molar-refractivity contribution in [3.8, 4) is 0 Å². The fourth-order valence-electron chi connectivity index (χ4n) is 1.51. The smallest absolute Gasteiger partial charge is 0.0591 e. The molecule has 3 nitrogen and oxygen atoms in total. The van der Waals surface area contributed by atoms with Gasteiger partial charge < -0.3 is 14.8 Å². The van der Waals surface area contributed by atoms with Crippen LogP contribution in [0.3, 0.4) is 0 Å². The van der Waals surface area contributed by atoms with Crippen molar-refractivity contribution >= 4 is 11.6 Å². The molecule has 1 unspecified atom stereocenters. The van der Waals surface area contributed by atoms with Gasteiger partial charge in [-0.15, -0.1) is 11.6 Å². The standard InChI is InChI=1S/C12H26ClNO2/c1-11(2)12(5-6-13)14-7-10-16-9-4-8-15-3/h11-12,14H,4-10H2,1-3H3. The molecule has 0 aromatic heterocycles. The first-order valence-electron chi connectivity index (χ1n) is 6.08. The van der Waals surface area contributed by atoms with E-state index in [4.69, 9.17) is 21.1 Å². The van der Waals surface area contributed by atoms with Crippen LogP contribution < -0.4 is 5.32 Å². The Morgan fingerprint density at radius 3 is 2.50 bits per heavy atom. The first kappa shape index (κ1) is 16.2. The molecule has 0 saturated carbocycles. The lowest BCUT2D eigenvalue weighted by Crippen LogP contribution is -2.36. The Morgan fingerprint density at radius 2 is 1.94 bits per heavy atom. The molecule has 16 heavy (non-hydrogen) atoms. The van der Waals surface area contributed by atoms with Crippen LogP contribution in [-0.2, 0) is 9.47 Å². The van der Waals surface area contributed by atoms with Gasteiger partial charge in [0.25, 0.3) is 0 Å². The van der Waals surface area contributed by atoms with E-state index in [1.165, 1.54) is 0 Å². The van der Waals surface area contributed by atoms with Crippen LogP contribution in [0, 0.1) is 5.92 Å². The van der Waals surface area contributed by atoms with Gasteiger partial charge >= 0.3 is 0 Å². The van der Waals surface area contributed by atoms with Crippen molar-refractivity contribution in [1.82, 2.24) is 5.32 Å². The van der Waals surface area contributed by atoms with E-state index in [2.05, 4.69) is 19.2 Å². The number of methoxy groups -OCH3 is 1. The summed E-state index contributed by atoms with van der Waals surface area (Å²) in [5.74, 6) is 1.33. The van der Waals surface area contributed by atoms with Crippen LogP contribution in [0.15, 0.2) is 0 Å². The molecule has 0 spiro atoms. The molecule has 0 aliphatic rings. The van der Waals surface area contributed by atoms with Crippen LogP contribution in [0.4, 0.5) is 0 Å². The van der Waals surface area contributed by atoms with E-state index in [-0.39, 0.29) is 0 Å². The lowest BCUT2D eigenvalue weighted by atomic mass is 10.0. The maximum Gasteiger partial charge on any atom is 0.0591 e. The number of nitrogens with one attached hydrogen (secondary N) is 1. The summed E-state index contributed by atoms with van der Waals surface area (Å²) in [4.78, 5) is 0. The molecule has 0 aliphatic heterocycles. The van der Waals surface area contributed by atoms with Crippen molar-refractivity contribution in [2.24, 2.45) is 5.92 Å². The maximum absolute atomic E-state index is 5.75. The monoisotopic (exact) mass is 251 g/mol. The summed E-state index contributed by atoms with van der Waals surface area (Å²) < 4.78 is 10.4. The van der Waals surface area contributed by atoms with E-state index in [1.807, 2.05) is 0 Å². The Kier molecular flexibility index (Phi) is 11.8. The van der Waals surface area contributed by atoms with E-state index in [0.29, 0.717) is 17.8 Å². The van der Waals surface area contributed by atoms with Gasteiger partial charge in [0.1, 0.15) is 0 Å². The molecule has 0 fully saturated rings. The van der Waals surface area contributed by atoms with Gasteiger partial charge in [-0.3, -0.25) is 0 Å². The van der Waals surface area contributed by atoms with Crippen LogP contribution in [-0.4, -0.2) is 45.4 Å². The fourth-order valence-corrected chi connectivity index (χ4v) is 1.75. The average Bonchev–Trinajstić information content (AvgIpc) is 2.26. The molecule has 0 aromatic carbocycles. The number of ether oxygens (including phenoxy) is 2. The highest BCUT2D eigenvalue weighted by molar-refractivity contribution is 6.17. The molecular formula is C12H26ClNO2. The van der Waals surface area contributed by atoms with Gasteiger partial charge in [0.2, 0.25) is 0 Å². The predicted molar refractivity (Wildman–Crippen MR) is 69.3 cm³/mol. The van der Waals surface area contributed by atoms with Gasteiger partial charge in [-0.1, -0.05) is 13.8 Å². The second-order valence-corrected chi connectivity index (χ2v) is 4.62. The molecular weight excluding hydrogens is 226 g/mol. The quantitative estimate of drug-likeness (QED) is 0.452. The van der Waals surface area contributed by atoms with Gasteiger partial charge in [0, 0.05) is 38.8 Å². The molecule has 0 rings (SSSR count). The lowest BCUT2D eigenvalue weighted by molar-refractivity contribution is 0.102. The van der Waals surface area contributed by atoms with Crippen molar-refractivity contribution in [3.63, 3.8) is 0 Å². The molecule has 0 heterocycles. The lowest BCUT2D eigenvalue weighted by Gasteiger charge is -2.21. The van der Waals surface area contributed by atoms with Gasteiger partial charge in [0.15, 0.2) is 0 Å². The van der Waals surface area contributed by atoms with E-state index in [9.17, 15) is 0 Å². The third kappa shape index (κ3) is 9.40. The molecule has 0 amide bonds. The van der Waals surface area contributed by atoms with E-state index in [0.717, 1.165) is 39.2 Å². The molecule has 0 aromatic rings. The second-order valence-electron chi connectivity index (χ2n) is 4.24. The molecule has 0 radical (unpaired) electrons. The van der Waals surface area contributed by atoms with Crippen molar-refractivity contribution in [3.05, 3.63) is 0 Å². The summed E-state index contributed by atoms with van der Waals surface area (Å²) in [6.45, 7) is 7.63. The highest BCUT2D eigenvalue weighted by Gasteiger charge is 2.10. The average molecular weight is 252 g/mol. The molecule has 98 valence electrons. The van der Waals surface area contributed by atoms with Crippen molar-refractivity contribution < 1.29 is 9.47 Å². The zero-order chi connectivity index (χ0) is 12.2. The Bertz CT molecular complexity index is 145. The van der Waals surface area contributed by atoms with Gasteiger partial charge in [-0.05, 0) is 18.8 Å². The van der Waals surface area contributed by atoms with E-state index in [1.54, 1.807) is 7.11 Å². The maximum atomic E-state index is 5.75. The van der Waals surface area contributed by atoms with E-state index < -0.39 is 0 Å². The van der Waals surface area contributed by atoms with Gasteiger partial charge in [0.05, 0.1) is 6.61 Å². The van der Waals surface area contributed by atoms with Crippen molar-refractivity contribution in [2.75, 3.05) is 39.4 Å². The number of halogens is 1. The minimum absolute atomic E-state index is 0.500. The van der Waals surface area contributed by atoms with E-state index >= 15 is 0 Å². The highest BCUT2D eigenvalue weighted by atomic mass is 35.5. The summed E-state index contributed by atoms with van der Waals surface area (Å²) in [6.07, 6.45) is 1.98. The SMILES string of the molecule is COCCCOCCNC(CCCl)C(C)C. The normalized spacial score (nSPS) is 13.3.